The maximum Gasteiger partial charge on any atom is 0.123 e. The van der Waals surface area contributed by atoms with Gasteiger partial charge in [0.1, 0.15) is 5.75 Å². The molecule has 0 aliphatic heterocycles. The van der Waals surface area contributed by atoms with Crippen LogP contribution in [0.5, 0.6) is 5.75 Å². The molecule has 2 aliphatic carbocycles. The topological polar surface area (TPSA) is 35.2 Å². The minimum absolute atomic E-state index is 0.149. The zero-order valence-electron chi connectivity index (χ0n) is 11.2. The van der Waals surface area contributed by atoms with Crippen LogP contribution in [-0.2, 0) is 5.54 Å². The van der Waals surface area contributed by atoms with Crippen molar-refractivity contribution in [2.75, 3.05) is 7.11 Å². The summed E-state index contributed by atoms with van der Waals surface area (Å²) in [5, 5.41) is 0. The fourth-order valence-corrected chi connectivity index (χ4v) is 4.19. The summed E-state index contributed by atoms with van der Waals surface area (Å²) in [7, 11) is 1.73. The van der Waals surface area contributed by atoms with Crippen LogP contribution in [-0.4, -0.2) is 7.11 Å². The Bertz CT molecular complexity index is 426. The summed E-state index contributed by atoms with van der Waals surface area (Å²) in [4.78, 5) is 0. The number of nitrogens with two attached hydrogens (primary N) is 1. The van der Waals surface area contributed by atoms with Gasteiger partial charge >= 0.3 is 0 Å². The molecule has 2 heteroatoms. The predicted molar refractivity (Wildman–Crippen MR) is 73.6 cm³/mol. The molecule has 2 nitrogen and oxygen atoms in total. The monoisotopic (exact) mass is 245 g/mol. The lowest BCUT2D eigenvalue weighted by Gasteiger charge is -2.57. The Morgan fingerprint density at radius 3 is 2.39 bits per heavy atom. The molecule has 2 saturated carbocycles. The van der Waals surface area contributed by atoms with Gasteiger partial charge in [0, 0.05) is 11.1 Å². The molecule has 18 heavy (non-hydrogen) atoms. The summed E-state index contributed by atoms with van der Waals surface area (Å²) in [6.07, 6.45) is 9.22. The minimum Gasteiger partial charge on any atom is -0.496 e. The van der Waals surface area contributed by atoms with E-state index in [1.807, 2.05) is 12.1 Å². The fraction of sp³-hybridized carbons (Fsp3) is 0.625. The highest BCUT2D eigenvalue weighted by molar-refractivity contribution is 5.41. The molecular formula is C16H23NO. The number of para-hydroxylation sites is 1. The number of methoxy groups -OCH3 is 1. The first-order valence-electron chi connectivity index (χ1n) is 7.10. The van der Waals surface area contributed by atoms with E-state index in [0.29, 0.717) is 5.41 Å². The zero-order valence-corrected chi connectivity index (χ0v) is 11.2. The van der Waals surface area contributed by atoms with Gasteiger partial charge in [0.2, 0.25) is 0 Å². The van der Waals surface area contributed by atoms with E-state index in [9.17, 15) is 0 Å². The molecule has 0 unspecified atom stereocenters. The lowest BCUT2D eigenvalue weighted by Crippen LogP contribution is -2.56. The molecule has 0 saturated heterocycles. The summed E-state index contributed by atoms with van der Waals surface area (Å²) in [6.45, 7) is 0. The molecule has 3 rings (SSSR count). The Labute approximate surface area is 110 Å². The van der Waals surface area contributed by atoms with Gasteiger partial charge in [0.25, 0.3) is 0 Å². The summed E-state index contributed by atoms with van der Waals surface area (Å²) in [5.41, 5.74) is 8.22. The van der Waals surface area contributed by atoms with Crippen molar-refractivity contribution in [3.8, 4) is 5.75 Å². The third kappa shape index (κ3) is 1.83. The highest BCUT2D eigenvalue weighted by Gasteiger charge is 2.53. The first-order chi connectivity index (χ1) is 8.68. The molecule has 2 aliphatic rings. The van der Waals surface area contributed by atoms with Gasteiger partial charge in [-0.3, -0.25) is 0 Å². The van der Waals surface area contributed by atoms with Crippen molar-refractivity contribution in [1.29, 1.82) is 0 Å². The Morgan fingerprint density at radius 2 is 1.72 bits per heavy atom. The maximum atomic E-state index is 6.63. The van der Waals surface area contributed by atoms with E-state index in [1.54, 1.807) is 7.11 Å². The Kier molecular flexibility index (Phi) is 2.86. The van der Waals surface area contributed by atoms with Crippen LogP contribution in [0.2, 0.25) is 0 Å². The molecule has 0 radical (unpaired) electrons. The summed E-state index contributed by atoms with van der Waals surface area (Å²) < 4.78 is 5.46. The van der Waals surface area contributed by atoms with Crippen LogP contribution >= 0.6 is 0 Å². The van der Waals surface area contributed by atoms with Gasteiger partial charge in [0.15, 0.2) is 0 Å². The van der Waals surface area contributed by atoms with E-state index in [-0.39, 0.29) is 5.54 Å². The van der Waals surface area contributed by atoms with Crippen LogP contribution in [0.4, 0.5) is 0 Å². The molecule has 1 spiro atoms. The van der Waals surface area contributed by atoms with Gasteiger partial charge < -0.3 is 10.5 Å². The lowest BCUT2D eigenvalue weighted by atomic mass is 9.51. The smallest absolute Gasteiger partial charge is 0.123 e. The second-order valence-corrected chi connectivity index (χ2v) is 6.27. The van der Waals surface area contributed by atoms with Crippen LogP contribution in [0.25, 0.3) is 0 Å². The molecule has 0 atom stereocenters. The molecule has 0 bridgehead atoms. The molecule has 2 N–H and O–H groups in total. The normalized spacial score (nSPS) is 24.6. The molecular weight excluding hydrogens is 222 g/mol. The van der Waals surface area contributed by atoms with E-state index < -0.39 is 0 Å². The van der Waals surface area contributed by atoms with E-state index in [1.165, 1.54) is 37.7 Å². The minimum atomic E-state index is -0.149. The van der Waals surface area contributed by atoms with Gasteiger partial charge in [-0.1, -0.05) is 37.5 Å². The highest BCUT2D eigenvalue weighted by Crippen LogP contribution is 2.60. The second kappa shape index (κ2) is 4.27. The van der Waals surface area contributed by atoms with Crippen molar-refractivity contribution in [3.05, 3.63) is 29.8 Å². The third-order valence-electron chi connectivity index (χ3n) is 4.94. The number of rotatable bonds is 2. The Balaban J connectivity index is 1.81. The molecule has 0 amide bonds. The van der Waals surface area contributed by atoms with Crippen molar-refractivity contribution >= 4 is 0 Å². The standard InChI is InChI=1S/C16H23NO/c1-18-14-8-4-3-7-13(14)16(17)11-15(12-16)9-5-2-6-10-15/h3-4,7-8H,2,5-6,9-12,17H2,1H3. The van der Waals surface area contributed by atoms with E-state index in [4.69, 9.17) is 10.5 Å². The summed E-state index contributed by atoms with van der Waals surface area (Å²) in [5.74, 6) is 0.950. The number of hydrogen-bond donors (Lipinski definition) is 1. The molecule has 0 heterocycles. The van der Waals surface area contributed by atoms with Crippen LogP contribution in [0.15, 0.2) is 24.3 Å². The van der Waals surface area contributed by atoms with Gasteiger partial charge in [0.05, 0.1) is 7.11 Å². The summed E-state index contributed by atoms with van der Waals surface area (Å²) >= 11 is 0. The van der Waals surface area contributed by atoms with E-state index in [0.717, 1.165) is 18.6 Å². The van der Waals surface area contributed by atoms with Crippen LogP contribution in [0.3, 0.4) is 0 Å². The molecule has 2 fully saturated rings. The zero-order chi connectivity index (χ0) is 12.6. The first kappa shape index (κ1) is 12.0. The average Bonchev–Trinajstić information content (AvgIpc) is 2.38. The number of benzene rings is 1. The predicted octanol–water partition coefficient (Wildman–Crippen LogP) is 3.59. The van der Waals surface area contributed by atoms with Gasteiger partial charge in [-0.15, -0.1) is 0 Å². The van der Waals surface area contributed by atoms with Crippen molar-refractivity contribution in [3.63, 3.8) is 0 Å². The van der Waals surface area contributed by atoms with Crippen LogP contribution in [0, 0.1) is 5.41 Å². The fourth-order valence-electron chi connectivity index (χ4n) is 4.19. The van der Waals surface area contributed by atoms with Crippen molar-refractivity contribution < 1.29 is 4.74 Å². The Morgan fingerprint density at radius 1 is 1.06 bits per heavy atom. The third-order valence-corrected chi connectivity index (χ3v) is 4.94. The largest absolute Gasteiger partial charge is 0.496 e. The highest BCUT2D eigenvalue weighted by atomic mass is 16.5. The van der Waals surface area contributed by atoms with Crippen LogP contribution in [0.1, 0.15) is 50.5 Å². The Hall–Kier alpha value is -1.02. The van der Waals surface area contributed by atoms with E-state index >= 15 is 0 Å². The van der Waals surface area contributed by atoms with Crippen molar-refractivity contribution in [2.45, 2.75) is 50.5 Å². The molecule has 1 aromatic rings. The first-order valence-corrected chi connectivity index (χ1v) is 7.10. The number of hydrogen-bond acceptors (Lipinski definition) is 2. The lowest BCUT2D eigenvalue weighted by molar-refractivity contribution is -0.0110. The average molecular weight is 245 g/mol. The molecule has 1 aromatic carbocycles. The quantitative estimate of drug-likeness (QED) is 0.864. The van der Waals surface area contributed by atoms with Crippen molar-refractivity contribution in [2.24, 2.45) is 11.1 Å². The van der Waals surface area contributed by atoms with E-state index in [2.05, 4.69) is 12.1 Å². The van der Waals surface area contributed by atoms with Crippen molar-refractivity contribution in [1.82, 2.24) is 0 Å². The van der Waals surface area contributed by atoms with Gasteiger partial charge in [-0.25, -0.2) is 0 Å². The summed E-state index contributed by atoms with van der Waals surface area (Å²) in [6, 6.07) is 8.24. The van der Waals surface area contributed by atoms with Crippen LogP contribution < -0.4 is 10.5 Å². The maximum absolute atomic E-state index is 6.63. The van der Waals surface area contributed by atoms with Gasteiger partial charge in [-0.2, -0.15) is 0 Å². The SMILES string of the molecule is COc1ccccc1C1(N)CC2(CCCCC2)C1. The van der Waals surface area contributed by atoms with Gasteiger partial charge in [-0.05, 0) is 37.2 Å². The molecule has 98 valence electrons. The second-order valence-electron chi connectivity index (χ2n) is 6.27. The molecule has 0 aromatic heterocycles. The number of ether oxygens (including phenoxy) is 1.